The van der Waals surface area contributed by atoms with E-state index in [2.05, 4.69) is 15.6 Å². The highest BCUT2D eigenvalue weighted by molar-refractivity contribution is 7.22. The van der Waals surface area contributed by atoms with E-state index in [0.29, 0.717) is 10.7 Å². The van der Waals surface area contributed by atoms with E-state index in [1.807, 2.05) is 13.8 Å². The molecular formula is C14H18N4O2S. The van der Waals surface area contributed by atoms with Crippen LogP contribution in [-0.2, 0) is 4.79 Å². The summed E-state index contributed by atoms with van der Waals surface area (Å²) in [6.45, 7) is 5.39. The Morgan fingerprint density at radius 1 is 1.24 bits per heavy atom. The molecule has 0 saturated carbocycles. The van der Waals surface area contributed by atoms with Crippen LogP contribution in [0.1, 0.15) is 31.1 Å². The Kier molecular flexibility index (Phi) is 4.42. The molecule has 1 atom stereocenters. The van der Waals surface area contributed by atoms with Crippen molar-refractivity contribution in [2.24, 2.45) is 0 Å². The van der Waals surface area contributed by atoms with Crippen LogP contribution in [0.25, 0.3) is 10.2 Å². The van der Waals surface area contributed by atoms with Gasteiger partial charge in [0.05, 0.1) is 10.2 Å². The molecule has 1 unspecified atom stereocenters. The monoisotopic (exact) mass is 306 g/mol. The number of nitrogens with two attached hydrogens (primary N) is 1. The van der Waals surface area contributed by atoms with Gasteiger partial charge in [0.2, 0.25) is 5.91 Å². The first-order valence-corrected chi connectivity index (χ1v) is 7.45. The number of amides is 2. The second-order valence-corrected chi connectivity index (χ2v) is 6.16. The van der Waals surface area contributed by atoms with Crippen LogP contribution in [0.4, 0.5) is 5.13 Å². The number of benzene rings is 1. The molecule has 1 heterocycles. The number of carbonyl (C=O) groups excluding carboxylic acids is 2. The predicted molar refractivity (Wildman–Crippen MR) is 84.2 cm³/mol. The summed E-state index contributed by atoms with van der Waals surface area (Å²) in [7, 11) is 0. The third-order valence-corrected chi connectivity index (χ3v) is 3.69. The maximum absolute atomic E-state index is 12.2. The third-order valence-electron chi connectivity index (χ3n) is 2.84. The minimum Gasteiger partial charge on any atom is -0.375 e. The lowest BCUT2D eigenvalue weighted by Gasteiger charge is -2.16. The van der Waals surface area contributed by atoms with Crippen molar-refractivity contribution in [3.05, 3.63) is 23.8 Å². The molecule has 1 aromatic carbocycles. The molecule has 0 bridgehead atoms. The molecule has 1 aromatic heterocycles. The summed E-state index contributed by atoms with van der Waals surface area (Å²) in [5.41, 5.74) is 6.88. The Balaban J connectivity index is 2.09. The summed E-state index contributed by atoms with van der Waals surface area (Å²) in [5, 5.41) is 5.89. The molecule has 2 aromatic rings. The average molecular weight is 306 g/mol. The average Bonchev–Trinajstić information content (AvgIpc) is 2.76. The number of nitrogen functional groups attached to an aromatic ring is 1. The second-order valence-electron chi connectivity index (χ2n) is 5.09. The number of aromatic nitrogens is 1. The van der Waals surface area contributed by atoms with Crippen LogP contribution in [0.5, 0.6) is 0 Å². The van der Waals surface area contributed by atoms with Crippen LogP contribution in [-0.4, -0.2) is 28.9 Å². The number of rotatable bonds is 4. The van der Waals surface area contributed by atoms with Gasteiger partial charge in [0.25, 0.3) is 5.91 Å². The maximum Gasteiger partial charge on any atom is 0.251 e. The summed E-state index contributed by atoms with van der Waals surface area (Å²) in [6.07, 6.45) is 0. The number of thiazole rings is 1. The van der Waals surface area contributed by atoms with Crippen molar-refractivity contribution in [2.75, 3.05) is 5.73 Å². The number of nitrogens with zero attached hydrogens (tertiary/aromatic N) is 1. The molecule has 7 heteroatoms. The Bertz CT molecular complexity index is 681. The summed E-state index contributed by atoms with van der Waals surface area (Å²) in [6, 6.07) is 4.58. The Hall–Kier alpha value is -2.15. The molecule has 21 heavy (non-hydrogen) atoms. The number of hydrogen-bond acceptors (Lipinski definition) is 5. The fourth-order valence-corrected chi connectivity index (χ4v) is 2.61. The minimum atomic E-state index is -0.595. The van der Waals surface area contributed by atoms with Gasteiger partial charge in [-0.1, -0.05) is 11.3 Å². The van der Waals surface area contributed by atoms with Gasteiger partial charge in [0.15, 0.2) is 5.13 Å². The van der Waals surface area contributed by atoms with Crippen molar-refractivity contribution in [3.8, 4) is 0 Å². The zero-order valence-electron chi connectivity index (χ0n) is 12.1. The predicted octanol–water partition coefficient (Wildman–Crippen LogP) is 1.52. The smallest absolute Gasteiger partial charge is 0.251 e. The first kappa shape index (κ1) is 15.2. The molecule has 4 N–H and O–H groups in total. The molecule has 0 spiro atoms. The second kappa shape index (κ2) is 6.09. The Labute approximate surface area is 126 Å². The fraction of sp³-hybridized carbons (Fsp3) is 0.357. The number of anilines is 1. The zero-order valence-corrected chi connectivity index (χ0v) is 13.0. The van der Waals surface area contributed by atoms with Gasteiger partial charge in [0, 0.05) is 11.6 Å². The van der Waals surface area contributed by atoms with E-state index in [1.54, 1.807) is 25.1 Å². The number of nitrogens with one attached hydrogen (secondary N) is 2. The van der Waals surface area contributed by atoms with Crippen molar-refractivity contribution in [1.29, 1.82) is 0 Å². The molecule has 2 rings (SSSR count). The quantitative estimate of drug-likeness (QED) is 0.798. The summed E-state index contributed by atoms with van der Waals surface area (Å²) in [4.78, 5) is 28.1. The molecule has 2 amide bonds. The number of carbonyl (C=O) groups is 2. The van der Waals surface area contributed by atoms with Gasteiger partial charge in [-0.15, -0.1) is 0 Å². The van der Waals surface area contributed by atoms with E-state index in [-0.39, 0.29) is 17.9 Å². The largest absolute Gasteiger partial charge is 0.375 e. The lowest BCUT2D eigenvalue weighted by molar-refractivity contribution is -0.123. The van der Waals surface area contributed by atoms with Gasteiger partial charge in [-0.05, 0) is 39.0 Å². The zero-order chi connectivity index (χ0) is 15.6. The van der Waals surface area contributed by atoms with Crippen molar-refractivity contribution < 1.29 is 9.59 Å². The molecule has 0 fully saturated rings. The summed E-state index contributed by atoms with van der Waals surface area (Å²) >= 11 is 1.32. The van der Waals surface area contributed by atoms with Gasteiger partial charge in [-0.25, -0.2) is 4.98 Å². The standard InChI is InChI=1S/C14H18N4O2S/c1-7(2)16-12(19)8(3)17-13(20)9-4-5-10-11(6-9)21-14(15)18-10/h4-8H,1-3H3,(H2,15,18)(H,16,19)(H,17,20). The number of fused-ring (bicyclic) bond motifs is 1. The normalized spacial score (nSPS) is 12.4. The van der Waals surface area contributed by atoms with E-state index in [0.717, 1.165) is 10.2 Å². The lowest BCUT2D eigenvalue weighted by atomic mass is 10.2. The van der Waals surface area contributed by atoms with Crippen LogP contribution < -0.4 is 16.4 Å². The highest BCUT2D eigenvalue weighted by Crippen LogP contribution is 2.24. The lowest BCUT2D eigenvalue weighted by Crippen LogP contribution is -2.46. The van der Waals surface area contributed by atoms with Crippen LogP contribution in [0, 0.1) is 0 Å². The van der Waals surface area contributed by atoms with Crippen LogP contribution in [0.2, 0.25) is 0 Å². The molecule has 0 radical (unpaired) electrons. The van der Waals surface area contributed by atoms with E-state index in [4.69, 9.17) is 5.73 Å². The van der Waals surface area contributed by atoms with Gasteiger partial charge in [0.1, 0.15) is 6.04 Å². The van der Waals surface area contributed by atoms with Gasteiger partial charge >= 0.3 is 0 Å². The maximum atomic E-state index is 12.2. The fourth-order valence-electron chi connectivity index (χ4n) is 1.84. The first-order valence-electron chi connectivity index (χ1n) is 6.64. The summed E-state index contributed by atoms with van der Waals surface area (Å²) in [5.74, 6) is -0.503. The molecular weight excluding hydrogens is 288 g/mol. The van der Waals surface area contributed by atoms with Gasteiger partial charge in [-0.3, -0.25) is 9.59 Å². The van der Waals surface area contributed by atoms with Crippen LogP contribution in [0.15, 0.2) is 18.2 Å². The molecule has 0 aliphatic carbocycles. The third kappa shape index (κ3) is 3.69. The molecule has 0 aliphatic heterocycles. The van der Waals surface area contributed by atoms with E-state index < -0.39 is 6.04 Å². The topological polar surface area (TPSA) is 97.1 Å². The molecule has 0 saturated heterocycles. The van der Waals surface area contributed by atoms with Crippen LogP contribution in [0.3, 0.4) is 0 Å². The van der Waals surface area contributed by atoms with Crippen molar-refractivity contribution in [1.82, 2.24) is 15.6 Å². The van der Waals surface area contributed by atoms with Crippen molar-refractivity contribution in [3.63, 3.8) is 0 Å². The first-order chi connectivity index (χ1) is 9.86. The highest BCUT2D eigenvalue weighted by atomic mass is 32.1. The SMILES string of the molecule is CC(C)NC(=O)C(C)NC(=O)c1ccc2nc(N)sc2c1. The van der Waals surface area contributed by atoms with Crippen molar-refractivity contribution in [2.45, 2.75) is 32.9 Å². The van der Waals surface area contributed by atoms with Gasteiger partial charge in [-0.2, -0.15) is 0 Å². The molecule has 6 nitrogen and oxygen atoms in total. The Morgan fingerprint density at radius 2 is 1.95 bits per heavy atom. The van der Waals surface area contributed by atoms with Gasteiger partial charge < -0.3 is 16.4 Å². The van der Waals surface area contributed by atoms with E-state index in [1.165, 1.54) is 11.3 Å². The minimum absolute atomic E-state index is 0.0355. The Morgan fingerprint density at radius 3 is 2.62 bits per heavy atom. The highest BCUT2D eigenvalue weighted by Gasteiger charge is 2.17. The van der Waals surface area contributed by atoms with E-state index >= 15 is 0 Å². The van der Waals surface area contributed by atoms with Crippen LogP contribution >= 0.6 is 11.3 Å². The summed E-state index contributed by atoms with van der Waals surface area (Å²) < 4.78 is 0.847. The number of hydrogen-bond donors (Lipinski definition) is 3. The molecule has 112 valence electrons. The van der Waals surface area contributed by atoms with E-state index in [9.17, 15) is 9.59 Å². The van der Waals surface area contributed by atoms with Crippen molar-refractivity contribution >= 4 is 38.5 Å². The molecule has 0 aliphatic rings.